The number of unbranched alkanes of at least 4 members (excludes halogenated alkanes) is 3. The van der Waals surface area contributed by atoms with E-state index in [0.717, 1.165) is 24.3 Å². The molecule has 0 atom stereocenters. The fraction of sp³-hybridized carbons (Fsp3) is 0.667. The number of carbonyl (C=O) groups excluding carboxylic acids is 1. The summed E-state index contributed by atoms with van der Waals surface area (Å²) >= 11 is 0. The van der Waals surface area contributed by atoms with Crippen LogP contribution in [0.1, 0.15) is 71.8 Å². The summed E-state index contributed by atoms with van der Waals surface area (Å²) in [4.78, 5) is 11.9. The molecule has 0 fully saturated rings. The Labute approximate surface area is 154 Å². The van der Waals surface area contributed by atoms with E-state index in [1.165, 1.54) is 19.3 Å². The molecule has 1 rings (SSSR count). The van der Waals surface area contributed by atoms with Gasteiger partial charge in [-0.1, -0.05) is 59.4 Å². The highest BCUT2D eigenvalue weighted by Gasteiger charge is 2.06. The zero-order valence-corrected chi connectivity index (χ0v) is 17.0. The van der Waals surface area contributed by atoms with Crippen molar-refractivity contribution in [2.24, 2.45) is 5.92 Å². The van der Waals surface area contributed by atoms with E-state index >= 15 is 0 Å². The van der Waals surface area contributed by atoms with E-state index in [-0.39, 0.29) is 5.91 Å². The Kier molecular flexibility index (Phi) is 13.6. The summed E-state index contributed by atoms with van der Waals surface area (Å²) in [7, 11) is 3.22. The molecular weight excluding hydrogens is 314 g/mol. The molecule has 1 aromatic rings. The Morgan fingerprint density at radius 3 is 2.24 bits per heavy atom. The van der Waals surface area contributed by atoms with Crippen molar-refractivity contribution >= 4 is 5.91 Å². The molecular formula is C21H37NO3. The average Bonchev–Trinajstić information content (AvgIpc) is 2.63. The lowest BCUT2D eigenvalue weighted by Crippen LogP contribution is -2.22. The summed E-state index contributed by atoms with van der Waals surface area (Å²) in [5.41, 5.74) is 1.01. The summed E-state index contributed by atoms with van der Waals surface area (Å²) < 4.78 is 10.5. The Balaban J connectivity index is 0.00000277. The van der Waals surface area contributed by atoms with Crippen LogP contribution in [-0.4, -0.2) is 20.1 Å². The minimum absolute atomic E-state index is 0.114. The molecule has 0 unspecified atom stereocenters. The lowest BCUT2D eigenvalue weighted by Gasteiger charge is -2.10. The average molecular weight is 352 g/mol. The van der Waals surface area contributed by atoms with Crippen LogP contribution in [0.5, 0.6) is 11.5 Å². The van der Waals surface area contributed by atoms with E-state index in [4.69, 9.17) is 9.47 Å². The molecule has 4 heteroatoms. The van der Waals surface area contributed by atoms with Crippen LogP contribution in [0.25, 0.3) is 0 Å². The number of methoxy groups -OCH3 is 2. The van der Waals surface area contributed by atoms with Crippen molar-refractivity contribution in [3.05, 3.63) is 23.8 Å². The smallest absolute Gasteiger partial charge is 0.220 e. The molecule has 0 saturated heterocycles. The largest absolute Gasteiger partial charge is 0.493 e. The molecule has 0 heterocycles. The van der Waals surface area contributed by atoms with Crippen LogP contribution in [0.2, 0.25) is 0 Å². The highest BCUT2D eigenvalue weighted by atomic mass is 16.5. The molecule has 25 heavy (non-hydrogen) atoms. The van der Waals surface area contributed by atoms with Crippen LogP contribution in [-0.2, 0) is 11.3 Å². The molecule has 0 aliphatic rings. The molecule has 1 amide bonds. The monoisotopic (exact) mass is 351 g/mol. The Morgan fingerprint density at radius 2 is 1.64 bits per heavy atom. The normalized spacial score (nSPS) is 10.0. The predicted octanol–water partition coefficient (Wildman–Crippen LogP) is 5.34. The molecule has 144 valence electrons. The van der Waals surface area contributed by atoms with Gasteiger partial charge in [0.1, 0.15) is 0 Å². The van der Waals surface area contributed by atoms with Crippen LogP contribution in [0.3, 0.4) is 0 Å². The van der Waals surface area contributed by atoms with Crippen LogP contribution in [0.15, 0.2) is 18.2 Å². The third-order valence-electron chi connectivity index (χ3n) is 3.87. The number of amides is 1. The fourth-order valence-corrected chi connectivity index (χ4v) is 2.47. The SMILES string of the molecule is CC.COc1ccc(CNC(=O)CCCCCCC(C)C)cc1OC. The van der Waals surface area contributed by atoms with E-state index in [9.17, 15) is 4.79 Å². The Morgan fingerprint density at radius 1 is 1.00 bits per heavy atom. The number of benzene rings is 1. The summed E-state index contributed by atoms with van der Waals surface area (Å²) in [5.74, 6) is 2.27. The lowest BCUT2D eigenvalue weighted by atomic mass is 10.0. The predicted molar refractivity (Wildman–Crippen MR) is 105 cm³/mol. The highest BCUT2D eigenvalue weighted by Crippen LogP contribution is 2.27. The van der Waals surface area contributed by atoms with Crippen molar-refractivity contribution in [3.8, 4) is 11.5 Å². The molecule has 1 N–H and O–H groups in total. The van der Waals surface area contributed by atoms with E-state index < -0.39 is 0 Å². The highest BCUT2D eigenvalue weighted by molar-refractivity contribution is 5.75. The van der Waals surface area contributed by atoms with E-state index in [2.05, 4.69) is 19.2 Å². The van der Waals surface area contributed by atoms with Gasteiger partial charge in [-0.2, -0.15) is 0 Å². The summed E-state index contributed by atoms with van der Waals surface area (Å²) in [6.07, 6.45) is 6.49. The molecule has 0 aromatic heterocycles. The standard InChI is InChI=1S/C19H31NO3.C2H6/c1-15(2)9-7-5-6-8-10-19(21)20-14-16-11-12-17(22-3)18(13-16)23-4;1-2/h11-13,15H,5-10,14H2,1-4H3,(H,20,21);1-2H3. The number of hydrogen-bond acceptors (Lipinski definition) is 3. The van der Waals surface area contributed by atoms with Crippen LogP contribution in [0.4, 0.5) is 0 Å². The maximum absolute atomic E-state index is 11.9. The zero-order chi connectivity index (χ0) is 19.1. The summed E-state index contributed by atoms with van der Waals surface area (Å²) in [6.45, 7) is 9.02. The quantitative estimate of drug-likeness (QED) is 0.547. The lowest BCUT2D eigenvalue weighted by molar-refractivity contribution is -0.121. The Hall–Kier alpha value is -1.71. The van der Waals surface area contributed by atoms with Crippen LogP contribution >= 0.6 is 0 Å². The summed E-state index contributed by atoms with van der Waals surface area (Å²) in [5, 5.41) is 2.96. The van der Waals surface area contributed by atoms with Crippen molar-refractivity contribution in [2.45, 2.75) is 72.8 Å². The van der Waals surface area contributed by atoms with Gasteiger partial charge in [0.2, 0.25) is 5.91 Å². The maximum atomic E-state index is 11.9. The van der Waals surface area contributed by atoms with Crippen LogP contribution in [0, 0.1) is 5.92 Å². The topological polar surface area (TPSA) is 47.6 Å². The Bertz CT molecular complexity index is 472. The number of nitrogens with one attached hydrogen (secondary N) is 1. The minimum Gasteiger partial charge on any atom is -0.493 e. The number of ether oxygens (including phenoxy) is 2. The summed E-state index contributed by atoms with van der Waals surface area (Å²) in [6, 6.07) is 5.69. The van der Waals surface area contributed by atoms with Gasteiger partial charge in [-0.05, 0) is 30.0 Å². The van der Waals surface area contributed by atoms with E-state index in [1.807, 2.05) is 32.0 Å². The van der Waals surface area contributed by atoms with E-state index in [1.54, 1.807) is 14.2 Å². The zero-order valence-electron chi connectivity index (χ0n) is 17.0. The first-order valence-electron chi connectivity index (χ1n) is 9.54. The molecule has 0 saturated carbocycles. The number of rotatable bonds is 11. The van der Waals surface area contributed by atoms with Crippen molar-refractivity contribution in [1.82, 2.24) is 5.32 Å². The first-order chi connectivity index (χ1) is 12.1. The molecule has 0 aliphatic carbocycles. The van der Waals surface area contributed by atoms with Gasteiger partial charge in [0.15, 0.2) is 11.5 Å². The van der Waals surface area contributed by atoms with Crippen LogP contribution < -0.4 is 14.8 Å². The molecule has 1 aromatic carbocycles. The maximum Gasteiger partial charge on any atom is 0.220 e. The fourth-order valence-electron chi connectivity index (χ4n) is 2.47. The van der Waals surface area contributed by atoms with Gasteiger partial charge in [0.05, 0.1) is 14.2 Å². The van der Waals surface area contributed by atoms with Crippen molar-refractivity contribution < 1.29 is 14.3 Å². The first-order valence-corrected chi connectivity index (χ1v) is 9.54. The van der Waals surface area contributed by atoms with Gasteiger partial charge in [0.25, 0.3) is 0 Å². The van der Waals surface area contributed by atoms with E-state index in [0.29, 0.717) is 24.5 Å². The van der Waals surface area contributed by atoms with Gasteiger partial charge in [-0.3, -0.25) is 4.79 Å². The molecule has 0 radical (unpaired) electrons. The van der Waals surface area contributed by atoms with Crippen molar-refractivity contribution in [1.29, 1.82) is 0 Å². The van der Waals surface area contributed by atoms with Gasteiger partial charge >= 0.3 is 0 Å². The van der Waals surface area contributed by atoms with Gasteiger partial charge in [-0.25, -0.2) is 0 Å². The molecule has 0 bridgehead atoms. The third kappa shape index (κ3) is 10.7. The van der Waals surface area contributed by atoms with Gasteiger partial charge < -0.3 is 14.8 Å². The second kappa shape index (κ2) is 14.6. The van der Waals surface area contributed by atoms with Gasteiger partial charge in [0, 0.05) is 13.0 Å². The minimum atomic E-state index is 0.114. The molecule has 4 nitrogen and oxygen atoms in total. The third-order valence-corrected chi connectivity index (χ3v) is 3.87. The van der Waals surface area contributed by atoms with Crippen molar-refractivity contribution in [2.75, 3.05) is 14.2 Å². The van der Waals surface area contributed by atoms with Gasteiger partial charge in [-0.15, -0.1) is 0 Å². The number of carbonyl (C=O) groups is 1. The second-order valence-electron chi connectivity index (χ2n) is 6.31. The van der Waals surface area contributed by atoms with Crippen molar-refractivity contribution in [3.63, 3.8) is 0 Å². The first kappa shape index (κ1) is 23.3. The molecule has 0 spiro atoms. The molecule has 0 aliphatic heterocycles. The second-order valence-corrected chi connectivity index (χ2v) is 6.31. The number of hydrogen-bond donors (Lipinski definition) is 1.